The van der Waals surface area contributed by atoms with Crippen LogP contribution in [0.25, 0.3) is 0 Å². The van der Waals surface area contributed by atoms with Gasteiger partial charge in [-0.2, -0.15) is 0 Å². The molecular weight excluding hydrogens is 254 g/mol. The molecule has 0 unspecified atom stereocenters. The Balaban J connectivity index is 2.63. The van der Waals surface area contributed by atoms with Crippen molar-refractivity contribution in [1.82, 2.24) is 9.71 Å². The van der Waals surface area contributed by atoms with Gasteiger partial charge >= 0.3 is 0 Å². The van der Waals surface area contributed by atoms with Crippen molar-refractivity contribution < 1.29 is 13.2 Å². The predicted molar refractivity (Wildman–Crippen MR) is 70.1 cm³/mol. The van der Waals surface area contributed by atoms with E-state index in [0.29, 0.717) is 32.0 Å². The van der Waals surface area contributed by atoms with Gasteiger partial charge in [0.25, 0.3) is 0 Å². The second kappa shape index (κ2) is 7.30. The Kier molecular flexibility index (Phi) is 6.03. The number of sulfonamides is 1. The molecule has 1 heterocycles. The second-order valence-electron chi connectivity index (χ2n) is 3.55. The second-order valence-corrected chi connectivity index (χ2v) is 5.28. The molecule has 0 aliphatic heterocycles. The van der Waals surface area contributed by atoms with Gasteiger partial charge in [0.15, 0.2) is 0 Å². The SMILES string of the molecule is CCOCCCNS(=O)(=O)c1cccnc1NC. The van der Waals surface area contributed by atoms with E-state index in [1.165, 1.54) is 6.07 Å². The minimum atomic E-state index is -3.52. The van der Waals surface area contributed by atoms with E-state index in [2.05, 4.69) is 15.0 Å². The highest BCUT2D eigenvalue weighted by molar-refractivity contribution is 7.89. The average Bonchev–Trinajstić information content (AvgIpc) is 2.38. The van der Waals surface area contributed by atoms with Crippen molar-refractivity contribution >= 4 is 15.8 Å². The number of ether oxygens (including phenoxy) is 1. The first-order chi connectivity index (χ1) is 8.61. The number of aromatic nitrogens is 1. The lowest BCUT2D eigenvalue weighted by molar-refractivity contribution is 0.146. The number of nitrogens with zero attached hydrogens (tertiary/aromatic N) is 1. The summed E-state index contributed by atoms with van der Waals surface area (Å²) in [4.78, 5) is 4.12. The fourth-order valence-electron chi connectivity index (χ4n) is 1.40. The van der Waals surface area contributed by atoms with Gasteiger partial charge in [0.1, 0.15) is 10.7 Å². The highest BCUT2D eigenvalue weighted by Gasteiger charge is 2.17. The van der Waals surface area contributed by atoms with E-state index >= 15 is 0 Å². The van der Waals surface area contributed by atoms with Gasteiger partial charge in [-0.05, 0) is 25.5 Å². The third kappa shape index (κ3) is 4.25. The van der Waals surface area contributed by atoms with E-state index < -0.39 is 10.0 Å². The topological polar surface area (TPSA) is 80.3 Å². The van der Waals surface area contributed by atoms with E-state index in [1.807, 2.05) is 6.92 Å². The zero-order chi connectivity index (χ0) is 13.4. The van der Waals surface area contributed by atoms with Crippen molar-refractivity contribution in [1.29, 1.82) is 0 Å². The summed E-state index contributed by atoms with van der Waals surface area (Å²) < 4.78 is 31.7. The summed E-state index contributed by atoms with van der Waals surface area (Å²) in [6.07, 6.45) is 2.18. The van der Waals surface area contributed by atoms with E-state index in [0.717, 1.165) is 0 Å². The molecule has 1 rings (SSSR count). The summed E-state index contributed by atoms with van der Waals surface area (Å²) >= 11 is 0. The molecule has 0 saturated heterocycles. The third-order valence-corrected chi connectivity index (χ3v) is 3.75. The molecule has 1 aromatic heterocycles. The smallest absolute Gasteiger partial charge is 0.244 e. The normalized spacial score (nSPS) is 11.4. The average molecular weight is 273 g/mol. The minimum Gasteiger partial charge on any atom is -0.382 e. The van der Waals surface area contributed by atoms with E-state index in [1.54, 1.807) is 19.3 Å². The van der Waals surface area contributed by atoms with Crippen molar-refractivity contribution in [3.63, 3.8) is 0 Å². The first kappa shape index (κ1) is 14.9. The standard InChI is InChI=1S/C11H19N3O3S/c1-3-17-9-5-8-14-18(15,16)10-6-4-7-13-11(10)12-2/h4,6-7,14H,3,5,8-9H2,1-2H3,(H,12,13). The minimum absolute atomic E-state index is 0.156. The summed E-state index contributed by atoms with van der Waals surface area (Å²) in [5.74, 6) is 0.342. The Labute approximate surface area is 108 Å². The van der Waals surface area contributed by atoms with Crippen LogP contribution in [0, 0.1) is 0 Å². The first-order valence-electron chi connectivity index (χ1n) is 5.82. The van der Waals surface area contributed by atoms with Crippen LogP contribution in [0.3, 0.4) is 0 Å². The molecule has 0 aliphatic rings. The lowest BCUT2D eigenvalue weighted by Gasteiger charge is -2.10. The lowest BCUT2D eigenvalue weighted by Crippen LogP contribution is -2.26. The van der Waals surface area contributed by atoms with Gasteiger partial charge in [0.05, 0.1) is 0 Å². The molecular formula is C11H19N3O3S. The molecule has 1 aromatic rings. The molecule has 0 bridgehead atoms. The van der Waals surface area contributed by atoms with Gasteiger partial charge in [-0.25, -0.2) is 18.1 Å². The molecule has 0 aliphatic carbocycles. The fraction of sp³-hybridized carbons (Fsp3) is 0.545. The maximum Gasteiger partial charge on any atom is 0.244 e. The van der Waals surface area contributed by atoms with Crippen LogP contribution in [0.15, 0.2) is 23.2 Å². The van der Waals surface area contributed by atoms with Crippen molar-refractivity contribution in [2.75, 3.05) is 32.1 Å². The molecule has 2 N–H and O–H groups in total. The van der Waals surface area contributed by atoms with Crippen molar-refractivity contribution in [3.8, 4) is 0 Å². The maximum absolute atomic E-state index is 12.0. The van der Waals surface area contributed by atoms with Crippen LogP contribution < -0.4 is 10.0 Å². The Hall–Kier alpha value is -1.18. The highest BCUT2D eigenvalue weighted by atomic mass is 32.2. The number of hydrogen-bond donors (Lipinski definition) is 2. The number of anilines is 1. The number of nitrogens with one attached hydrogen (secondary N) is 2. The van der Waals surface area contributed by atoms with Crippen molar-refractivity contribution in [3.05, 3.63) is 18.3 Å². The van der Waals surface area contributed by atoms with Crippen LogP contribution in [0.1, 0.15) is 13.3 Å². The molecule has 7 heteroatoms. The van der Waals surface area contributed by atoms with Gasteiger partial charge in [-0.3, -0.25) is 0 Å². The molecule has 0 saturated carbocycles. The van der Waals surface area contributed by atoms with Crippen LogP contribution >= 0.6 is 0 Å². The zero-order valence-corrected chi connectivity index (χ0v) is 11.5. The summed E-state index contributed by atoms with van der Waals surface area (Å²) in [7, 11) is -1.89. The van der Waals surface area contributed by atoms with E-state index in [9.17, 15) is 8.42 Å². The van der Waals surface area contributed by atoms with Crippen molar-refractivity contribution in [2.24, 2.45) is 0 Å². The van der Waals surface area contributed by atoms with E-state index in [4.69, 9.17) is 4.74 Å². The van der Waals surface area contributed by atoms with Gasteiger partial charge in [-0.15, -0.1) is 0 Å². The third-order valence-electron chi connectivity index (χ3n) is 2.26. The molecule has 0 amide bonds. The van der Waals surface area contributed by atoms with Gasteiger partial charge in [0, 0.05) is 33.0 Å². The highest BCUT2D eigenvalue weighted by Crippen LogP contribution is 2.16. The molecule has 102 valence electrons. The zero-order valence-electron chi connectivity index (χ0n) is 10.6. The molecule has 0 atom stereocenters. The van der Waals surface area contributed by atoms with Crippen LogP contribution in [0.4, 0.5) is 5.82 Å². The quantitative estimate of drug-likeness (QED) is 0.686. The predicted octanol–water partition coefficient (Wildman–Crippen LogP) is 0.828. The molecule has 0 aromatic carbocycles. The molecule has 0 spiro atoms. The summed E-state index contributed by atoms with van der Waals surface area (Å²) in [5.41, 5.74) is 0. The first-order valence-corrected chi connectivity index (χ1v) is 7.30. The molecule has 6 nitrogen and oxygen atoms in total. The van der Waals surface area contributed by atoms with E-state index in [-0.39, 0.29) is 4.90 Å². The van der Waals surface area contributed by atoms with Crippen LogP contribution in [-0.2, 0) is 14.8 Å². The summed E-state index contributed by atoms with van der Waals surface area (Å²) in [6.45, 7) is 3.43. The van der Waals surface area contributed by atoms with Crippen molar-refractivity contribution in [2.45, 2.75) is 18.2 Å². The van der Waals surface area contributed by atoms with Crippen LogP contribution in [0.5, 0.6) is 0 Å². The number of rotatable bonds is 8. The summed E-state index contributed by atoms with van der Waals surface area (Å²) in [5, 5.41) is 2.76. The monoisotopic (exact) mass is 273 g/mol. The van der Waals surface area contributed by atoms with Crippen LogP contribution in [-0.4, -0.2) is 40.2 Å². The molecule has 0 radical (unpaired) electrons. The fourth-order valence-corrected chi connectivity index (χ4v) is 2.63. The Morgan fingerprint density at radius 1 is 1.44 bits per heavy atom. The maximum atomic E-state index is 12.0. The Morgan fingerprint density at radius 3 is 2.89 bits per heavy atom. The Morgan fingerprint density at radius 2 is 2.22 bits per heavy atom. The number of pyridine rings is 1. The number of hydrogen-bond acceptors (Lipinski definition) is 5. The lowest BCUT2D eigenvalue weighted by atomic mass is 10.5. The molecule has 0 fully saturated rings. The summed E-state index contributed by atoms with van der Waals surface area (Å²) in [6, 6.07) is 3.11. The Bertz CT molecular complexity index is 462. The largest absolute Gasteiger partial charge is 0.382 e. The van der Waals surface area contributed by atoms with Gasteiger partial charge in [-0.1, -0.05) is 0 Å². The van der Waals surface area contributed by atoms with Gasteiger partial charge < -0.3 is 10.1 Å². The molecule has 18 heavy (non-hydrogen) atoms. The van der Waals surface area contributed by atoms with Gasteiger partial charge in [0.2, 0.25) is 10.0 Å². The van der Waals surface area contributed by atoms with Crippen LogP contribution in [0.2, 0.25) is 0 Å².